The van der Waals surface area contributed by atoms with Gasteiger partial charge < -0.3 is 14.5 Å². The van der Waals surface area contributed by atoms with Crippen LogP contribution in [0.3, 0.4) is 0 Å². The van der Waals surface area contributed by atoms with Gasteiger partial charge in [-0.1, -0.05) is 0 Å². The minimum absolute atomic E-state index is 0.250. The van der Waals surface area contributed by atoms with Crippen molar-refractivity contribution in [3.8, 4) is 17.0 Å². The van der Waals surface area contributed by atoms with Crippen molar-refractivity contribution in [1.82, 2.24) is 19.9 Å². The number of nitrogens with zero attached hydrogens (tertiary/aromatic N) is 3. The van der Waals surface area contributed by atoms with Gasteiger partial charge in [-0.15, -0.1) is 0 Å². The molecule has 142 valence electrons. The Morgan fingerprint density at radius 1 is 1.18 bits per heavy atom. The van der Waals surface area contributed by atoms with Crippen LogP contribution in [0.1, 0.15) is 28.8 Å². The van der Waals surface area contributed by atoms with Crippen molar-refractivity contribution >= 4 is 11.6 Å². The number of hydrogen-bond acceptors (Lipinski definition) is 5. The van der Waals surface area contributed by atoms with Crippen molar-refractivity contribution < 1.29 is 13.9 Å². The number of aryl methyl sites for hydroxylation is 1. The molecule has 4 aromatic rings. The maximum Gasteiger partial charge on any atom is 0.257 e. The van der Waals surface area contributed by atoms with Gasteiger partial charge in [0.2, 0.25) is 0 Å². The molecule has 0 spiro atoms. The molecule has 7 nitrogen and oxygen atoms in total. The van der Waals surface area contributed by atoms with Gasteiger partial charge in [0.05, 0.1) is 25.0 Å². The lowest BCUT2D eigenvalue weighted by molar-refractivity contribution is 0.0949. The highest BCUT2D eigenvalue weighted by atomic mass is 16.5. The molecule has 3 heterocycles. The van der Waals surface area contributed by atoms with E-state index in [-0.39, 0.29) is 5.91 Å². The molecule has 0 aliphatic heterocycles. The summed E-state index contributed by atoms with van der Waals surface area (Å²) in [6.45, 7) is 4.74. The van der Waals surface area contributed by atoms with Crippen LogP contribution >= 0.6 is 0 Å². The molecule has 1 aromatic carbocycles. The number of rotatable bonds is 6. The van der Waals surface area contributed by atoms with Gasteiger partial charge in [-0.25, -0.2) is 9.50 Å². The average Bonchev–Trinajstić information content (AvgIpc) is 3.33. The Morgan fingerprint density at radius 3 is 2.71 bits per heavy atom. The zero-order chi connectivity index (χ0) is 19.5. The summed E-state index contributed by atoms with van der Waals surface area (Å²) in [5.41, 5.74) is 2.71. The van der Waals surface area contributed by atoms with Crippen LogP contribution in [0.5, 0.6) is 5.75 Å². The van der Waals surface area contributed by atoms with E-state index in [1.807, 2.05) is 56.3 Å². The Morgan fingerprint density at radius 2 is 2.00 bits per heavy atom. The molecule has 1 N–H and O–H groups in total. The fraction of sp³-hybridized carbons (Fsp3) is 0.190. The Labute approximate surface area is 162 Å². The van der Waals surface area contributed by atoms with E-state index in [9.17, 15) is 4.79 Å². The largest absolute Gasteiger partial charge is 0.494 e. The van der Waals surface area contributed by atoms with Crippen LogP contribution < -0.4 is 10.1 Å². The van der Waals surface area contributed by atoms with Crippen molar-refractivity contribution in [2.75, 3.05) is 6.61 Å². The Balaban J connectivity index is 1.60. The van der Waals surface area contributed by atoms with Crippen LogP contribution in [0.2, 0.25) is 0 Å². The first kappa shape index (κ1) is 17.8. The van der Waals surface area contributed by atoms with Crippen LogP contribution in [0.15, 0.2) is 59.3 Å². The lowest BCUT2D eigenvalue weighted by Crippen LogP contribution is -2.22. The molecule has 0 saturated heterocycles. The van der Waals surface area contributed by atoms with E-state index in [1.54, 1.807) is 10.7 Å². The summed E-state index contributed by atoms with van der Waals surface area (Å²) in [6.07, 6.45) is 3.21. The molecule has 7 heteroatoms. The number of aromatic nitrogens is 3. The smallest absolute Gasteiger partial charge is 0.257 e. The van der Waals surface area contributed by atoms with E-state index >= 15 is 0 Å². The van der Waals surface area contributed by atoms with Crippen LogP contribution in [-0.4, -0.2) is 27.1 Å². The van der Waals surface area contributed by atoms with E-state index < -0.39 is 0 Å². The van der Waals surface area contributed by atoms with Crippen LogP contribution in [0.25, 0.3) is 16.9 Å². The van der Waals surface area contributed by atoms with E-state index in [0.29, 0.717) is 30.1 Å². The highest BCUT2D eigenvalue weighted by Gasteiger charge is 2.16. The average molecular weight is 376 g/mol. The van der Waals surface area contributed by atoms with E-state index in [0.717, 1.165) is 22.8 Å². The summed E-state index contributed by atoms with van der Waals surface area (Å²) < 4.78 is 12.6. The van der Waals surface area contributed by atoms with Crippen molar-refractivity contribution in [3.05, 3.63) is 71.9 Å². The molecule has 3 aromatic heterocycles. The van der Waals surface area contributed by atoms with Gasteiger partial charge in [-0.2, -0.15) is 5.10 Å². The Hall–Kier alpha value is -3.61. The minimum Gasteiger partial charge on any atom is -0.494 e. The number of nitrogens with one attached hydrogen (secondary N) is 1. The molecule has 0 unspecified atom stereocenters. The van der Waals surface area contributed by atoms with Crippen LogP contribution in [0, 0.1) is 6.92 Å². The third-order valence-electron chi connectivity index (χ3n) is 4.33. The van der Waals surface area contributed by atoms with Gasteiger partial charge in [0.1, 0.15) is 22.8 Å². The van der Waals surface area contributed by atoms with E-state index in [1.165, 1.54) is 6.20 Å². The first-order valence-corrected chi connectivity index (χ1v) is 9.05. The third-order valence-corrected chi connectivity index (χ3v) is 4.33. The number of carbonyl (C=O) groups is 1. The zero-order valence-corrected chi connectivity index (χ0v) is 15.7. The summed E-state index contributed by atoms with van der Waals surface area (Å²) in [7, 11) is 0. The van der Waals surface area contributed by atoms with E-state index in [2.05, 4.69) is 15.4 Å². The molecule has 0 fully saturated rings. The normalized spacial score (nSPS) is 10.9. The second-order valence-corrected chi connectivity index (χ2v) is 6.28. The number of fused-ring (bicyclic) bond motifs is 1. The van der Waals surface area contributed by atoms with Gasteiger partial charge in [-0.3, -0.25) is 4.79 Å². The fourth-order valence-electron chi connectivity index (χ4n) is 3.00. The Bertz CT molecular complexity index is 1110. The molecular weight excluding hydrogens is 356 g/mol. The topological polar surface area (TPSA) is 81.7 Å². The van der Waals surface area contributed by atoms with Crippen molar-refractivity contribution in [2.45, 2.75) is 20.4 Å². The molecule has 0 aliphatic carbocycles. The summed E-state index contributed by atoms with van der Waals surface area (Å²) in [4.78, 5) is 16.9. The van der Waals surface area contributed by atoms with Crippen LogP contribution in [-0.2, 0) is 6.54 Å². The zero-order valence-electron chi connectivity index (χ0n) is 15.7. The summed E-state index contributed by atoms with van der Waals surface area (Å²) in [5, 5.41) is 7.22. The highest BCUT2D eigenvalue weighted by molar-refractivity contribution is 5.99. The number of ether oxygens (including phenoxy) is 1. The summed E-state index contributed by atoms with van der Waals surface area (Å²) >= 11 is 0. The second-order valence-electron chi connectivity index (χ2n) is 6.28. The first-order chi connectivity index (χ1) is 13.7. The molecule has 0 bridgehead atoms. The van der Waals surface area contributed by atoms with Gasteiger partial charge in [0.25, 0.3) is 5.91 Å². The summed E-state index contributed by atoms with van der Waals surface area (Å²) in [5.74, 6) is 2.07. The predicted octanol–water partition coefficient (Wildman–Crippen LogP) is 3.63. The number of amides is 1. The Kier molecular flexibility index (Phi) is 4.80. The number of benzene rings is 1. The second kappa shape index (κ2) is 7.56. The number of carbonyl (C=O) groups excluding carboxylic acids is 1. The molecule has 0 aliphatic rings. The molecule has 0 saturated carbocycles. The molecule has 4 rings (SSSR count). The quantitative estimate of drug-likeness (QED) is 0.556. The predicted molar refractivity (Wildman–Crippen MR) is 104 cm³/mol. The summed E-state index contributed by atoms with van der Waals surface area (Å²) in [6, 6.07) is 13.3. The number of furan rings is 1. The molecule has 0 atom stereocenters. The van der Waals surface area contributed by atoms with Gasteiger partial charge in [0, 0.05) is 11.8 Å². The molecule has 28 heavy (non-hydrogen) atoms. The van der Waals surface area contributed by atoms with Crippen molar-refractivity contribution in [1.29, 1.82) is 0 Å². The van der Waals surface area contributed by atoms with Gasteiger partial charge >= 0.3 is 0 Å². The maximum atomic E-state index is 12.6. The van der Waals surface area contributed by atoms with E-state index in [4.69, 9.17) is 9.15 Å². The van der Waals surface area contributed by atoms with Gasteiger partial charge in [0.15, 0.2) is 5.65 Å². The molecule has 1 amide bonds. The highest BCUT2D eigenvalue weighted by Crippen LogP contribution is 2.23. The fourth-order valence-corrected chi connectivity index (χ4v) is 3.00. The van der Waals surface area contributed by atoms with Crippen LogP contribution in [0.4, 0.5) is 0 Å². The lowest BCUT2D eigenvalue weighted by Gasteiger charge is -2.07. The third kappa shape index (κ3) is 3.46. The maximum absolute atomic E-state index is 12.6. The number of hydrogen-bond donors (Lipinski definition) is 1. The van der Waals surface area contributed by atoms with Crippen molar-refractivity contribution in [2.24, 2.45) is 0 Å². The lowest BCUT2D eigenvalue weighted by atomic mass is 10.1. The minimum atomic E-state index is -0.250. The van der Waals surface area contributed by atoms with Gasteiger partial charge in [-0.05, 0) is 56.3 Å². The first-order valence-electron chi connectivity index (χ1n) is 9.05. The monoisotopic (exact) mass is 376 g/mol. The van der Waals surface area contributed by atoms with Crippen molar-refractivity contribution in [3.63, 3.8) is 0 Å². The molecular formula is C21H20N4O3. The standard InChI is InChI=1S/C21H20N4O3/c1-3-27-16-8-5-15(6-9-16)19-10-11-22-20-18(13-24-25(19)20)21(26)23-12-17-7-4-14(2)28-17/h4-11,13H,3,12H2,1-2H3,(H,23,26). The SMILES string of the molecule is CCOc1ccc(-c2ccnc3c(C(=O)NCc4ccc(C)o4)cnn23)cc1. The molecule has 0 radical (unpaired) electrons.